The average Bonchev–Trinajstić information content (AvgIpc) is 3.37. The van der Waals surface area contributed by atoms with E-state index in [1.54, 1.807) is 25.0 Å². The molecule has 0 fully saturated rings. The number of carbonyl (C=O) groups is 4. The number of aliphatic hydroxyl groups is 1. The molecule has 2 atom stereocenters. The lowest BCUT2D eigenvalue weighted by Crippen LogP contribution is -2.27. The Kier molecular flexibility index (Phi) is 14.9. The second-order valence-corrected chi connectivity index (χ2v) is 11.2. The predicted molar refractivity (Wildman–Crippen MR) is 173 cm³/mol. The maximum Gasteiger partial charge on any atom is 0.404 e. The zero-order chi connectivity index (χ0) is 34.0. The summed E-state index contributed by atoms with van der Waals surface area (Å²) < 4.78 is 28.4. The zero-order valence-electron chi connectivity index (χ0n) is 27.7. The minimum Gasteiger partial charge on any atom is -0.449 e. The van der Waals surface area contributed by atoms with Gasteiger partial charge >= 0.3 is 6.09 Å². The highest BCUT2D eigenvalue weighted by Crippen LogP contribution is 2.46. The molecular weight excluding hydrogens is 594 g/mol. The molecule has 0 spiro atoms. The number of primary amides is 1. The molecule has 2 aromatic rings. The van der Waals surface area contributed by atoms with E-state index in [2.05, 4.69) is 10.6 Å². The first-order chi connectivity index (χ1) is 22.8. The SMILES string of the molecule is [2H]NC(=O)OCC1c2cc(NC(=O)CCCC(=O)NCCOCCCOC)ccc2-c2ccc(C(=O)CCCOC(C)CCO)cc21. The van der Waals surface area contributed by atoms with Crippen LogP contribution in [0.5, 0.6) is 0 Å². The minimum absolute atomic E-state index is 0.0429. The van der Waals surface area contributed by atoms with Crippen LogP contribution in [0.2, 0.25) is 1.41 Å². The molecule has 0 saturated carbocycles. The van der Waals surface area contributed by atoms with Gasteiger partial charge in [-0.25, -0.2) is 4.79 Å². The van der Waals surface area contributed by atoms with Gasteiger partial charge in [-0.05, 0) is 73.1 Å². The van der Waals surface area contributed by atoms with Crippen LogP contribution in [0, 0.1) is 0 Å². The first-order valence-corrected chi connectivity index (χ1v) is 15.8. The van der Waals surface area contributed by atoms with Gasteiger partial charge in [0, 0.05) is 76.5 Å². The second kappa shape index (κ2) is 19.6. The third-order valence-electron chi connectivity index (χ3n) is 7.63. The Labute approximate surface area is 271 Å². The number of Topliss-reactive ketones (excluding diaryl/α,β-unsaturated/α-hetero) is 1. The van der Waals surface area contributed by atoms with Crippen LogP contribution >= 0.6 is 0 Å². The molecule has 0 aromatic heterocycles. The number of carbonyl (C=O) groups excluding carboxylic acids is 4. The molecule has 0 radical (unpaired) electrons. The van der Waals surface area contributed by atoms with E-state index in [0.29, 0.717) is 69.9 Å². The standard InChI is InChI=1S/C34H47N3O9/c1-23(13-15-38)45-18-4-6-31(39)24-9-11-26-27-12-10-25(21-29(27)30(28(26)20-24)22-46-34(35)42)37-33(41)8-3-7-32(40)36-14-19-44-17-5-16-43-2/h9-12,20-21,23,30,38H,3-8,13-19,22H2,1-2H3,(H2,35,42)(H,36,40)(H,37,41)/i/hD. The largest absolute Gasteiger partial charge is 0.449 e. The number of amides is 3. The number of anilines is 1. The Morgan fingerprint density at radius 1 is 0.935 bits per heavy atom. The average molecular weight is 643 g/mol. The Bertz CT molecular complexity index is 1340. The number of fused-ring (bicyclic) bond motifs is 3. The van der Waals surface area contributed by atoms with Crippen LogP contribution in [0.4, 0.5) is 10.5 Å². The van der Waals surface area contributed by atoms with Crippen molar-refractivity contribution in [2.75, 3.05) is 58.6 Å². The number of rotatable bonds is 22. The molecule has 252 valence electrons. The number of nitrogens with one attached hydrogen (secondary N) is 2. The van der Waals surface area contributed by atoms with Crippen molar-refractivity contribution in [2.24, 2.45) is 5.73 Å². The van der Waals surface area contributed by atoms with Gasteiger partial charge in [-0.15, -0.1) is 0 Å². The number of ether oxygens (including phenoxy) is 4. The molecule has 2 unspecified atom stereocenters. The van der Waals surface area contributed by atoms with Gasteiger partial charge in [-0.1, -0.05) is 18.2 Å². The fraction of sp³-hybridized carbons (Fsp3) is 0.529. The first-order valence-electron chi connectivity index (χ1n) is 16.3. The molecule has 1 aliphatic rings. The third kappa shape index (κ3) is 11.8. The summed E-state index contributed by atoms with van der Waals surface area (Å²) in [6, 6.07) is 11.0. The summed E-state index contributed by atoms with van der Waals surface area (Å²) in [5.41, 5.74) is 6.20. The molecule has 2 aromatic carbocycles. The third-order valence-corrected chi connectivity index (χ3v) is 7.63. The van der Waals surface area contributed by atoms with Crippen LogP contribution in [-0.4, -0.2) is 88.2 Å². The van der Waals surface area contributed by atoms with Gasteiger partial charge in [0.1, 0.15) is 6.61 Å². The van der Waals surface area contributed by atoms with Crippen molar-refractivity contribution in [3.63, 3.8) is 0 Å². The Hall–Kier alpha value is -3.84. The summed E-state index contributed by atoms with van der Waals surface area (Å²) in [6.45, 7) is 4.28. The number of methoxy groups -OCH3 is 1. The lowest BCUT2D eigenvalue weighted by molar-refractivity contribution is -0.121. The van der Waals surface area contributed by atoms with Crippen molar-refractivity contribution in [1.82, 2.24) is 5.32 Å². The normalized spacial score (nSPS) is 14.1. The fourth-order valence-electron chi connectivity index (χ4n) is 5.27. The lowest BCUT2D eigenvalue weighted by Gasteiger charge is -2.15. The van der Waals surface area contributed by atoms with E-state index < -0.39 is 12.0 Å². The zero-order valence-corrected chi connectivity index (χ0v) is 26.7. The van der Waals surface area contributed by atoms with E-state index >= 15 is 0 Å². The van der Waals surface area contributed by atoms with Crippen molar-refractivity contribution in [3.8, 4) is 11.1 Å². The van der Waals surface area contributed by atoms with Crippen LogP contribution in [0.15, 0.2) is 36.4 Å². The Morgan fingerprint density at radius 3 is 2.46 bits per heavy atom. The van der Waals surface area contributed by atoms with E-state index in [1.165, 1.54) is 0 Å². The van der Waals surface area contributed by atoms with Gasteiger partial charge < -0.3 is 40.4 Å². The Morgan fingerprint density at radius 2 is 1.70 bits per heavy atom. The smallest absolute Gasteiger partial charge is 0.404 e. The summed E-state index contributed by atoms with van der Waals surface area (Å²) in [6.07, 6.45) is 1.94. The summed E-state index contributed by atoms with van der Waals surface area (Å²) in [7, 11) is 1.63. The van der Waals surface area contributed by atoms with E-state index in [-0.39, 0.29) is 49.8 Å². The fourth-order valence-corrected chi connectivity index (χ4v) is 5.27. The minimum atomic E-state index is -0.897. The number of aliphatic hydroxyl groups excluding tert-OH is 1. The van der Waals surface area contributed by atoms with Crippen molar-refractivity contribution in [2.45, 2.75) is 63.9 Å². The van der Waals surface area contributed by atoms with Crippen molar-refractivity contribution >= 4 is 29.4 Å². The summed E-state index contributed by atoms with van der Waals surface area (Å²) >= 11 is 0. The molecule has 1 aliphatic carbocycles. The highest BCUT2D eigenvalue weighted by Gasteiger charge is 2.31. The second-order valence-electron chi connectivity index (χ2n) is 11.2. The van der Waals surface area contributed by atoms with Crippen molar-refractivity contribution in [1.29, 1.82) is 0 Å². The molecular formula is C34H47N3O9. The topological polar surface area (TPSA) is 176 Å². The number of benzene rings is 2. The van der Waals surface area contributed by atoms with E-state index in [1.807, 2.05) is 31.2 Å². The molecule has 0 saturated heterocycles. The Balaban J connectivity index is 1.58. The van der Waals surface area contributed by atoms with Gasteiger partial charge in [0.25, 0.3) is 0 Å². The van der Waals surface area contributed by atoms with Gasteiger partial charge in [0.15, 0.2) is 7.20 Å². The number of hydrogen-bond donors (Lipinski definition) is 4. The summed E-state index contributed by atoms with van der Waals surface area (Å²) in [4.78, 5) is 49.6. The van der Waals surface area contributed by atoms with Crippen molar-refractivity contribution in [3.05, 3.63) is 53.1 Å². The quantitative estimate of drug-likeness (QED) is 0.110. The molecule has 3 amide bonds. The molecule has 12 heteroatoms. The first kappa shape index (κ1) is 35.0. The highest BCUT2D eigenvalue weighted by atomic mass is 16.5. The highest BCUT2D eigenvalue weighted by molar-refractivity contribution is 5.98. The van der Waals surface area contributed by atoms with Crippen LogP contribution in [0.1, 0.15) is 79.3 Å². The number of nitrogens with two attached hydrogens (primary N) is 1. The van der Waals surface area contributed by atoms with Crippen LogP contribution in [0.25, 0.3) is 11.1 Å². The molecule has 3 rings (SSSR count). The van der Waals surface area contributed by atoms with Crippen LogP contribution in [0.3, 0.4) is 0 Å². The molecule has 0 aliphatic heterocycles. The van der Waals surface area contributed by atoms with Crippen LogP contribution in [-0.2, 0) is 28.5 Å². The van der Waals surface area contributed by atoms with Gasteiger partial charge in [0.05, 0.1) is 12.7 Å². The monoisotopic (exact) mass is 642 g/mol. The van der Waals surface area contributed by atoms with Crippen LogP contribution < -0.4 is 16.4 Å². The molecule has 0 bridgehead atoms. The molecule has 12 nitrogen and oxygen atoms in total. The number of ketones is 1. The maximum atomic E-state index is 13.0. The van der Waals surface area contributed by atoms with E-state index in [4.69, 9.17) is 25.5 Å². The predicted octanol–water partition coefficient (Wildman–Crippen LogP) is 3.92. The van der Waals surface area contributed by atoms with Crippen molar-refractivity contribution < 1.29 is 44.6 Å². The summed E-state index contributed by atoms with van der Waals surface area (Å²) in [5.74, 6) is -0.846. The number of hydrogen-bond acceptors (Lipinski definition) is 9. The molecule has 0 heterocycles. The van der Waals surface area contributed by atoms with Gasteiger partial charge in [0.2, 0.25) is 11.8 Å². The van der Waals surface area contributed by atoms with E-state index in [9.17, 15) is 19.2 Å². The lowest BCUT2D eigenvalue weighted by atomic mass is 9.94. The maximum absolute atomic E-state index is 13.0. The molecule has 46 heavy (non-hydrogen) atoms. The van der Waals surface area contributed by atoms with Gasteiger partial charge in [-0.2, -0.15) is 0 Å². The molecule has 5 N–H and O–H groups in total. The summed E-state index contributed by atoms with van der Waals surface area (Å²) in [5, 5.41) is 14.7. The van der Waals surface area contributed by atoms with Gasteiger partial charge in [-0.3, -0.25) is 14.4 Å². The van der Waals surface area contributed by atoms with E-state index in [0.717, 1.165) is 28.7 Å².